The molecule has 0 saturated carbocycles. The largest absolute Gasteiger partial charge is 0.457 e. The topological polar surface area (TPSA) is 52.4 Å². The van der Waals surface area contributed by atoms with Gasteiger partial charge in [0, 0.05) is 6.07 Å². The molecule has 0 heterocycles. The summed E-state index contributed by atoms with van der Waals surface area (Å²) in [5, 5.41) is 10.8. The summed E-state index contributed by atoms with van der Waals surface area (Å²) in [6.45, 7) is 5.98. The summed E-state index contributed by atoms with van der Waals surface area (Å²) in [6.07, 6.45) is 0. The third-order valence-electron chi connectivity index (χ3n) is 3.17. The first-order valence-electron chi connectivity index (χ1n) is 6.60. The number of non-ortho nitro benzene ring substituents is 1. The predicted molar refractivity (Wildman–Crippen MR) is 78.4 cm³/mol. The second-order valence-corrected chi connectivity index (χ2v) is 5.18. The van der Waals surface area contributed by atoms with Gasteiger partial charge in [0.05, 0.1) is 17.1 Å². The Morgan fingerprint density at radius 3 is 2.52 bits per heavy atom. The number of nitro benzene ring substituents is 1. The lowest BCUT2D eigenvalue weighted by Crippen LogP contribution is -1.94. The second-order valence-electron chi connectivity index (χ2n) is 5.18. The molecular formula is C16H16FNO3. The molecule has 4 nitrogen and oxygen atoms in total. The maximum atomic E-state index is 13.4. The lowest BCUT2D eigenvalue weighted by molar-refractivity contribution is -0.385. The minimum atomic E-state index is -0.697. The second kappa shape index (κ2) is 5.91. The van der Waals surface area contributed by atoms with Crippen molar-refractivity contribution >= 4 is 5.69 Å². The van der Waals surface area contributed by atoms with Crippen molar-refractivity contribution < 1.29 is 14.1 Å². The molecule has 5 heteroatoms. The summed E-state index contributed by atoms with van der Waals surface area (Å²) in [4.78, 5) is 10.1. The van der Waals surface area contributed by atoms with Crippen LogP contribution in [0.15, 0.2) is 36.4 Å². The van der Waals surface area contributed by atoms with Gasteiger partial charge in [-0.05, 0) is 30.0 Å². The number of hydrogen-bond acceptors (Lipinski definition) is 3. The molecule has 0 radical (unpaired) electrons. The van der Waals surface area contributed by atoms with Crippen LogP contribution in [0.1, 0.15) is 30.9 Å². The maximum Gasteiger partial charge on any atom is 0.276 e. The monoisotopic (exact) mass is 289 g/mol. The van der Waals surface area contributed by atoms with Gasteiger partial charge < -0.3 is 4.74 Å². The van der Waals surface area contributed by atoms with E-state index in [1.165, 1.54) is 6.07 Å². The summed E-state index contributed by atoms with van der Waals surface area (Å²) >= 11 is 0. The van der Waals surface area contributed by atoms with Crippen molar-refractivity contribution in [1.29, 1.82) is 0 Å². The number of aryl methyl sites for hydroxylation is 1. The molecule has 0 fully saturated rings. The number of hydrogen-bond donors (Lipinski definition) is 0. The molecule has 0 amide bonds. The zero-order valence-corrected chi connectivity index (χ0v) is 12.1. The van der Waals surface area contributed by atoms with Crippen LogP contribution in [0.4, 0.5) is 10.1 Å². The van der Waals surface area contributed by atoms with Crippen LogP contribution in [0, 0.1) is 22.9 Å². The van der Waals surface area contributed by atoms with E-state index in [0.29, 0.717) is 11.7 Å². The smallest absolute Gasteiger partial charge is 0.276 e. The van der Waals surface area contributed by atoms with Crippen molar-refractivity contribution in [3.05, 3.63) is 63.5 Å². The Balaban J connectivity index is 2.38. The van der Waals surface area contributed by atoms with Gasteiger partial charge in [0.15, 0.2) is 0 Å². The van der Waals surface area contributed by atoms with Crippen LogP contribution in [0.2, 0.25) is 0 Å². The molecule has 0 aliphatic carbocycles. The molecule has 0 aromatic heterocycles. The molecule has 2 rings (SSSR count). The van der Waals surface area contributed by atoms with Gasteiger partial charge in [0.1, 0.15) is 17.3 Å². The van der Waals surface area contributed by atoms with Crippen LogP contribution in [0.25, 0.3) is 0 Å². The third kappa shape index (κ3) is 3.56. The highest BCUT2D eigenvalue weighted by atomic mass is 19.1. The predicted octanol–water partition coefficient (Wildman–Crippen LogP) is 4.96. The fourth-order valence-electron chi connectivity index (χ4n) is 1.92. The van der Waals surface area contributed by atoms with Crippen LogP contribution in [-0.4, -0.2) is 4.92 Å². The van der Waals surface area contributed by atoms with E-state index in [1.807, 2.05) is 25.1 Å². The molecule has 0 atom stereocenters. The highest BCUT2D eigenvalue weighted by Gasteiger charge is 2.12. The molecule has 2 aromatic carbocycles. The van der Waals surface area contributed by atoms with Crippen molar-refractivity contribution in [3.63, 3.8) is 0 Å². The average molecular weight is 289 g/mol. The Hall–Kier alpha value is -2.43. The molecule has 0 saturated heterocycles. The highest BCUT2D eigenvalue weighted by Crippen LogP contribution is 2.31. The van der Waals surface area contributed by atoms with E-state index >= 15 is 0 Å². The van der Waals surface area contributed by atoms with Gasteiger partial charge in [0.25, 0.3) is 5.69 Å². The average Bonchev–Trinajstić information content (AvgIpc) is 2.40. The zero-order chi connectivity index (χ0) is 15.6. The van der Waals surface area contributed by atoms with E-state index in [9.17, 15) is 14.5 Å². The number of nitrogens with zero attached hydrogens (tertiary/aromatic N) is 1. The van der Waals surface area contributed by atoms with Crippen LogP contribution < -0.4 is 4.74 Å². The zero-order valence-electron chi connectivity index (χ0n) is 12.1. The molecule has 110 valence electrons. The first kappa shape index (κ1) is 15.0. The van der Waals surface area contributed by atoms with Crippen molar-refractivity contribution in [2.75, 3.05) is 0 Å². The van der Waals surface area contributed by atoms with E-state index in [2.05, 4.69) is 13.8 Å². The molecule has 0 aliphatic heterocycles. The molecule has 0 aliphatic rings. The Morgan fingerprint density at radius 1 is 1.19 bits per heavy atom. The van der Waals surface area contributed by atoms with Crippen molar-refractivity contribution in [2.45, 2.75) is 26.7 Å². The molecule has 21 heavy (non-hydrogen) atoms. The number of halogens is 1. The van der Waals surface area contributed by atoms with E-state index < -0.39 is 10.7 Å². The van der Waals surface area contributed by atoms with Gasteiger partial charge >= 0.3 is 0 Å². The lowest BCUT2D eigenvalue weighted by atomic mass is 10.0. The SMILES string of the molecule is Cc1ccc(C(C)C)cc1Oc1cc(F)cc([N+](=O)[O-])c1. The van der Waals surface area contributed by atoms with E-state index in [4.69, 9.17) is 4.74 Å². The van der Waals surface area contributed by atoms with Crippen LogP contribution in [-0.2, 0) is 0 Å². The van der Waals surface area contributed by atoms with E-state index in [1.54, 1.807) is 0 Å². The van der Waals surface area contributed by atoms with Crippen LogP contribution >= 0.6 is 0 Å². The van der Waals surface area contributed by atoms with Crippen molar-refractivity contribution in [3.8, 4) is 11.5 Å². The van der Waals surface area contributed by atoms with Gasteiger partial charge in [-0.25, -0.2) is 4.39 Å². The first-order chi connectivity index (χ1) is 9.86. The molecular weight excluding hydrogens is 273 g/mol. The summed E-state index contributed by atoms with van der Waals surface area (Å²) < 4.78 is 19.0. The molecule has 0 unspecified atom stereocenters. The third-order valence-corrected chi connectivity index (χ3v) is 3.17. The summed E-state index contributed by atoms with van der Waals surface area (Å²) in [5.74, 6) is 0.318. The number of benzene rings is 2. The van der Waals surface area contributed by atoms with E-state index in [-0.39, 0.29) is 11.4 Å². The fraction of sp³-hybridized carbons (Fsp3) is 0.250. The van der Waals surface area contributed by atoms with Crippen LogP contribution in [0.5, 0.6) is 11.5 Å². The molecule has 0 spiro atoms. The number of rotatable bonds is 4. The Bertz CT molecular complexity index is 683. The normalized spacial score (nSPS) is 10.7. The Labute approximate surface area is 122 Å². The van der Waals surface area contributed by atoms with Gasteiger partial charge in [-0.1, -0.05) is 26.0 Å². The first-order valence-corrected chi connectivity index (χ1v) is 6.60. The summed E-state index contributed by atoms with van der Waals surface area (Å²) in [5.41, 5.74) is 1.63. The Kier molecular flexibility index (Phi) is 4.21. The van der Waals surface area contributed by atoms with Gasteiger partial charge in [-0.2, -0.15) is 0 Å². The quantitative estimate of drug-likeness (QED) is 0.590. The minimum absolute atomic E-state index is 0.116. The van der Waals surface area contributed by atoms with Crippen molar-refractivity contribution in [1.82, 2.24) is 0 Å². The summed E-state index contributed by atoms with van der Waals surface area (Å²) in [7, 11) is 0. The molecule has 2 aromatic rings. The lowest BCUT2D eigenvalue weighted by Gasteiger charge is -2.12. The fourth-order valence-corrected chi connectivity index (χ4v) is 1.92. The summed E-state index contributed by atoms with van der Waals surface area (Å²) in [6, 6.07) is 9.00. The molecule has 0 bridgehead atoms. The van der Waals surface area contributed by atoms with Crippen LogP contribution in [0.3, 0.4) is 0 Å². The molecule has 0 N–H and O–H groups in total. The van der Waals surface area contributed by atoms with Gasteiger partial charge in [-0.3, -0.25) is 10.1 Å². The number of ether oxygens (including phenoxy) is 1. The van der Waals surface area contributed by atoms with Gasteiger partial charge in [0.2, 0.25) is 0 Å². The standard InChI is InChI=1S/C16H16FNO3/c1-10(2)12-5-4-11(3)16(6-12)21-15-8-13(17)7-14(9-15)18(19)20/h4-10H,1-3H3. The minimum Gasteiger partial charge on any atom is -0.457 e. The Morgan fingerprint density at radius 2 is 1.90 bits per heavy atom. The van der Waals surface area contributed by atoms with Crippen molar-refractivity contribution in [2.24, 2.45) is 0 Å². The van der Waals surface area contributed by atoms with Gasteiger partial charge in [-0.15, -0.1) is 0 Å². The van der Waals surface area contributed by atoms with E-state index in [0.717, 1.165) is 23.3 Å². The number of nitro groups is 1. The maximum absolute atomic E-state index is 13.4. The highest BCUT2D eigenvalue weighted by molar-refractivity contribution is 5.44.